The highest BCUT2D eigenvalue weighted by Crippen LogP contribution is 2.32. The number of rotatable bonds is 6. The number of benzene rings is 1. The van der Waals surface area contributed by atoms with Crippen molar-refractivity contribution in [1.82, 2.24) is 5.32 Å². The van der Waals surface area contributed by atoms with Gasteiger partial charge in [0.05, 0.1) is 0 Å². The van der Waals surface area contributed by atoms with Crippen LogP contribution >= 0.6 is 0 Å². The molecule has 1 unspecified atom stereocenters. The molecule has 0 saturated heterocycles. The Hall–Kier alpha value is -1.43. The first-order valence-electron chi connectivity index (χ1n) is 5.62. The number of para-hydroxylation sites is 2. The van der Waals surface area contributed by atoms with E-state index in [9.17, 15) is 13.2 Å². The van der Waals surface area contributed by atoms with E-state index in [4.69, 9.17) is 4.74 Å². The second-order valence-corrected chi connectivity index (χ2v) is 3.70. The van der Waals surface area contributed by atoms with Gasteiger partial charge in [0, 0.05) is 6.54 Å². The van der Waals surface area contributed by atoms with Crippen LogP contribution in [0.15, 0.2) is 24.3 Å². The summed E-state index contributed by atoms with van der Waals surface area (Å²) in [5.74, 6) is -0.225. The Morgan fingerprint density at radius 1 is 1.22 bits per heavy atom. The fourth-order valence-electron chi connectivity index (χ4n) is 1.43. The van der Waals surface area contributed by atoms with Crippen molar-refractivity contribution in [2.45, 2.75) is 25.8 Å². The van der Waals surface area contributed by atoms with Crippen molar-refractivity contribution in [2.24, 2.45) is 0 Å². The second kappa shape index (κ2) is 6.49. The van der Waals surface area contributed by atoms with Gasteiger partial charge in [0.2, 0.25) is 0 Å². The van der Waals surface area contributed by atoms with Crippen LogP contribution in [0.25, 0.3) is 0 Å². The zero-order valence-electron chi connectivity index (χ0n) is 10.3. The summed E-state index contributed by atoms with van der Waals surface area (Å²) in [6.07, 6.45) is -4.24. The van der Waals surface area contributed by atoms with Gasteiger partial charge in [-0.05, 0) is 25.6 Å². The number of nitrogens with one attached hydrogen (secondary N) is 1. The fraction of sp³-hybridized carbons (Fsp3) is 0.500. The summed E-state index contributed by atoms with van der Waals surface area (Å²) in [6.45, 7) is 2.45. The van der Waals surface area contributed by atoms with Crippen molar-refractivity contribution in [2.75, 3.05) is 13.6 Å². The maximum atomic E-state index is 12.2. The van der Waals surface area contributed by atoms with Gasteiger partial charge in [-0.2, -0.15) is 0 Å². The summed E-state index contributed by atoms with van der Waals surface area (Å²) in [5.41, 5.74) is 0. The smallest absolute Gasteiger partial charge is 0.485 e. The number of hydrogen-bond acceptors (Lipinski definition) is 3. The zero-order valence-corrected chi connectivity index (χ0v) is 10.3. The summed E-state index contributed by atoms with van der Waals surface area (Å²) in [5, 5.41) is 2.92. The van der Waals surface area contributed by atoms with Gasteiger partial charge in [0.15, 0.2) is 11.5 Å². The lowest BCUT2D eigenvalue weighted by Crippen LogP contribution is -2.29. The molecule has 0 bridgehead atoms. The summed E-state index contributed by atoms with van der Waals surface area (Å²) in [4.78, 5) is 0. The van der Waals surface area contributed by atoms with Gasteiger partial charge >= 0.3 is 6.36 Å². The van der Waals surface area contributed by atoms with E-state index in [1.54, 1.807) is 13.1 Å². The monoisotopic (exact) mass is 263 g/mol. The Kier molecular flexibility index (Phi) is 5.27. The Morgan fingerprint density at radius 3 is 2.33 bits per heavy atom. The van der Waals surface area contributed by atoms with Gasteiger partial charge in [-0.15, -0.1) is 13.2 Å². The SMILES string of the molecule is CCC(CNC)Oc1ccccc1OC(F)(F)F. The molecule has 102 valence electrons. The van der Waals surface area contributed by atoms with Crippen LogP contribution in [0.3, 0.4) is 0 Å². The predicted molar refractivity (Wildman–Crippen MR) is 61.8 cm³/mol. The molecule has 1 N–H and O–H groups in total. The highest BCUT2D eigenvalue weighted by molar-refractivity contribution is 5.39. The summed E-state index contributed by atoms with van der Waals surface area (Å²) < 4.78 is 46.0. The highest BCUT2D eigenvalue weighted by atomic mass is 19.4. The fourth-order valence-corrected chi connectivity index (χ4v) is 1.43. The molecule has 1 aromatic rings. The third-order valence-electron chi connectivity index (χ3n) is 2.26. The van der Waals surface area contributed by atoms with Gasteiger partial charge in [-0.3, -0.25) is 0 Å². The summed E-state index contributed by atoms with van der Waals surface area (Å²) in [7, 11) is 1.75. The van der Waals surface area contributed by atoms with Crippen LogP contribution in [0.5, 0.6) is 11.5 Å². The van der Waals surface area contributed by atoms with E-state index in [0.29, 0.717) is 13.0 Å². The molecule has 6 heteroatoms. The standard InChI is InChI=1S/C12H16F3NO2/c1-3-9(8-16-2)17-10-6-4-5-7-11(10)18-12(13,14)15/h4-7,9,16H,3,8H2,1-2H3. The van der Waals surface area contributed by atoms with Crippen LogP contribution < -0.4 is 14.8 Å². The van der Waals surface area contributed by atoms with E-state index in [1.165, 1.54) is 18.2 Å². The first-order valence-corrected chi connectivity index (χ1v) is 5.62. The minimum absolute atomic E-state index is 0.0944. The normalized spacial score (nSPS) is 13.2. The molecular formula is C12H16F3NO2. The number of hydrogen-bond donors (Lipinski definition) is 1. The highest BCUT2D eigenvalue weighted by Gasteiger charge is 2.32. The molecule has 0 aliphatic carbocycles. The molecule has 0 spiro atoms. The number of ether oxygens (including phenoxy) is 2. The molecule has 0 amide bonds. The van der Waals surface area contributed by atoms with Crippen LogP contribution in [0.4, 0.5) is 13.2 Å². The van der Waals surface area contributed by atoms with E-state index in [-0.39, 0.29) is 17.6 Å². The number of alkyl halides is 3. The van der Waals surface area contributed by atoms with Gasteiger partial charge in [0.1, 0.15) is 6.10 Å². The minimum atomic E-state index is -4.72. The molecule has 0 aliphatic heterocycles. The topological polar surface area (TPSA) is 30.5 Å². The van der Waals surface area contributed by atoms with Gasteiger partial charge in [0.25, 0.3) is 0 Å². The van der Waals surface area contributed by atoms with Crippen molar-refractivity contribution in [3.8, 4) is 11.5 Å². The van der Waals surface area contributed by atoms with E-state index in [1.807, 2.05) is 6.92 Å². The van der Waals surface area contributed by atoms with Crippen molar-refractivity contribution >= 4 is 0 Å². The minimum Gasteiger partial charge on any atom is -0.485 e. The van der Waals surface area contributed by atoms with Crippen molar-refractivity contribution < 1.29 is 22.6 Å². The third kappa shape index (κ3) is 4.83. The van der Waals surface area contributed by atoms with Gasteiger partial charge in [-0.1, -0.05) is 19.1 Å². The van der Waals surface area contributed by atoms with Gasteiger partial charge < -0.3 is 14.8 Å². The van der Waals surface area contributed by atoms with E-state index in [2.05, 4.69) is 10.1 Å². The molecule has 0 aliphatic rings. The molecule has 0 saturated carbocycles. The van der Waals surface area contributed by atoms with Crippen LogP contribution in [0, 0.1) is 0 Å². The first kappa shape index (κ1) is 14.6. The molecule has 0 fully saturated rings. The number of likely N-dealkylation sites (N-methyl/N-ethyl adjacent to an activating group) is 1. The molecule has 18 heavy (non-hydrogen) atoms. The molecule has 0 aromatic heterocycles. The Labute approximate surface area is 104 Å². The van der Waals surface area contributed by atoms with Crippen molar-refractivity contribution in [3.05, 3.63) is 24.3 Å². The first-order chi connectivity index (χ1) is 8.46. The maximum Gasteiger partial charge on any atom is 0.573 e. The molecule has 1 aromatic carbocycles. The average molecular weight is 263 g/mol. The average Bonchev–Trinajstić information content (AvgIpc) is 2.29. The van der Waals surface area contributed by atoms with Crippen molar-refractivity contribution in [1.29, 1.82) is 0 Å². The van der Waals surface area contributed by atoms with Crippen LogP contribution in [-0.4, -0.2) is 26.1 Å². The molecule has 1 rings (SSSR count). The van der Waals surface area contributed by atoms with Crippen LogP contribution in [-0.2, 0) is 0 Å². The molecular weight excluding hydrogens is 247 g/mol. The van der Waals surface area contributed by atoms with E-state index >= 15 is 0 Å². The Morgan fingerprint density at radius 2 is 1.83 bits per heavy atom. The van der Waals surface area contributed by atoms with Crippen LogP contribution in [0.2, 0.25) is 0 Å². The van der Waals surface area contributed by atoms with Crippen molar-refractivity contribution in [3.63, 3.8) is 0 Å². The quantitative estimate of drug-likeness (QED) is 0.856. The Bertz CT molecular complexity index is 369. The molecule has 3 nitrogen and oxygen atoms in total. The predicted octanol–water partition coefficient (Wildman–Crippen LogP) is 2.96. The molecule has 0 radical (unpaired) electrons. The third-order valence-corrected chi connectivity index (χ3v) is 2.26. The van der Waals surface area contributed by atoms with E-state index in [0.717, 1.165) is 0 Å². The second-order valence-electron chi connectivity index (χ2n) is 3.70. The lowest BCUT2D eigenvalue weighted by molar-refractivity contribution is -0.275. The lowest BCUT2D eigenvalue weighted by Gasteiger charge is -2.19. The summed E-state index contributed by atoms with van der Waals surface area (Å²) in [6, 6.07) is 5.76. The molecule has 0 heterocycles. The lowest BCUT2D eigenvalue weighted by atomic mass is 10.2. The maximum absolute atomic E-state index is 12.2. The zero-order chi connectivity index (χ0) is 13.6. The van der Waals surface area contributed by atoms with Crippen LogP contribution in [0.1, 0.15) is 13.3 Å². The van der Waals surface area contributed by atoms with Gasteiger partial charge in [-0.25, -0.2) is 0 Å². The number of halogens is 3. The Balaban J connectivity index is 2.81. The molecule has 1 atom stereocenters. The largest absolute Gasteiger partial charge is 0.573 e. The summed E-state index contributed by atoms with van der Waals surface area (Å²) >= 11 is 0. The van der Waals surface area contributed by atoms with E-state index < -0.39 is 6.36 Å².